The van der Waals surface area contributed by atoms with Crippen molar-refractivity contribution >= 4 is 146 Å². The number of anilines is 3. The summed E-state index contributed by atoms with van der Waals surface area (Å²) < 4.78 is 9.56. The number of methoxy groups -OCH3 is 1. The van der Waals surface area contributed by atoms with Crippen molar-refractivity contribution in [3.63, 3.8) is 0 Å². The molecule has 3 aliphatic rings. The van der Waals surface area contributed by atoms with Crippen LogP contribution in [0.4, 0.5) is 17.1 Å². The number of nitrogens with one attached hydrogen (secondary N) is 3. The maximum absolute atomic E-state index is 12.6. The minimum atomic E-state index is -0.910. The quantitative estimate of drug-likeness (QED) is 0.0226. The lowest BCUT2D eigenvalue weighted by Crippen LogP contribution is -2.15. The van der Waals surface area contributed by atoms with Crippen LogP contribution < -0.4 is 16.0 Å². The van der Waals surface area contributed by atoms with E-state index in [1.807, 2.05) is 88.4 Å². The first-order valence-electron chi connectivity index (χ1n) is 33.2. The largest absolute Gasteiger partial charge is 0.505 e. The summed E-state index contributed by atoms with van der Waals surface area (Å²) in [6, 6.07) is 33.1. The molecule has 3 aromatic heterocycles. The molecule has 3 fully saturated rings. The summed E-state index contributed by atoms with van der Waals surface area (Å²) >= 11 is 42.1. The molecular weight excluding hydrogens is 1530 g/mol. The molecule has 0 spiro atoms. The molecule has 106 heavy (non-hydrogen) atoms. The van der Waals surface area contributed by atoms with Gasteiger partial charge in [-0.15, -0.1) is 15.3 Å². The van der Waals surface area contributed by atoms with E-state index in [-0.39, 0.29) is 53.4 Å². The Balaban J connectivity index is 0.000000170. The summed E-state index contributed by atoms with van der Waals surface area (Å²) in [4.78, 5) is 48.7. The van der Waals surface area contributed by atoms with Crippen LogP contribution in [-0.2, 0) is 23.9 Å². The lowest BCUT2D eigenvalue weighted by Gasteiger charge is -2.13. The van der Waals surface area contributed by atoms with Gasteiger partial charge in [-0.25, -0.2) is 0 Å². The molecule has 6 aromatic carbocycles. The monoisotopic (exact) mass is 1600 g/mol. The molecule has 22 nitrogen and oxygen atoms in total. The molecule has 3 aliphatic carbocycles. The molecule has 0 radical (unpaired) electrons. The standard InChI is InChI=1S/C26H25Cl2N5O2S.C25H23Cl2N5O3S.C24H23Cl2N5O2S/c1-26(2,12-13-35-3)11-10-17-4-8-22(20(27)14-17)29-24(34)16-36-25-30-31-32-33(25)23-9-7-19(15-21(23)28)18-5-6-18;1-25(2,13-23(34)35)10-9-15-3-7-20(18(26)11-15)28-22(33)14-36-24-29-30-31-32(24)21-8-6-17(12-19(21)27)16-4-5-16;1-24(2,14-32)10-9-15-3-7-20(18(25)11-15)27-22(33)13-34-23-28-29-30-31(23)21-8-6-17(12-19(21)26)16-4-5-16/h4,7-9,12-15,18H,5-6,16H2,1-3H3,(H,29,34);3,6-8,11-12,16H,4-5,13-14H2,1-2H3,(H,28,33)(H,34,35);3,6-8,11-12,16,32H,4-5,13-14H2,1-2H3,(H,27,33)/b13-12+;;. The van der Waals surface area contributed by atoms with Crippen LogP contribution in [0.5, 0.6) is 0 Å². The van der Waals surface area contributed by atoms with E-state index in [0.29, 0.717) is 109 Å². The summed E-state index contributed by atoms with van der Waals surface area (Å²) in [7, 11) is 1.59. The number of rotatable bonds is 23. The number of carbonyl (C=O) groups is 4. The van der Waals surface area contributed by atoms with Crippen LogP contribution in [0.1, 0.15) is 138 Å². The molecule has 3 heterocycles. The molecule has 12 rings (SSSR count). The van der Waals surface area contributed by atoms with E-state index in [0.717, 1.165) is 5.56 Å². The molecule has 9 aromatic rings. The first kappa shape index (κ1) is 79.9. The van der Waals surface area contributed by atoms with Crippen molar-refractivity contribution in [2.45, 2.75) is 120 Å². The van der Waals surface area contributed by atoms with E-state index < -0.39 is 16.8 Å². The minimum absolute atomic E-state index is 0.0409. The molecule has 0 unspecified atom stereocenters. The van der Waals surface area contributed by atoms with Gasteiger partial charge in [0.05, 0.1) is 108 Å². The number of aliphatic hydroxyl groups excluding tert-OH is 1. The zero-order valence-electron chi connectivity index (χ0n) is 58.4. The highest BCUT2D eigenvalue weighted by Gasteiger charge is 2.28. The Labute approximate surface area is 655 Å². The Morgan fingerprint density at radius 3 is 1.11 bits per heavy atom. The van der Waals surface area contributed by atoms with Crippen LogP contribution in [-0.4, -0.2) is 126 Å². The highest BCUT2D eigenvalue weighted by atomic mass is 35.5. The molecule has 3 amide bonds. The van der Waals surface area contributed by atoms with Crippen molar-refractivity contribution in [2.75, 3.05) is 46.9 Å². The van der Waals surface area contributed by atoms with Crippen LogP contribution in [0.2, 0.25) is 30.1 Å². The maximum Gasteiger partial charge on any atom is 0.304 e. The number of aromatic nitrogens is 12. The van der Waals surface area contributed by atoms with Gasteiger partial charge in [0.15, 0.2) is 0 Å². The van der Waals surface area contributed by atoms with Crippen LogP contribution in [0.25, 0.3) is 17.1 Å². The van der Waals surface area contributed by atoms with E-state index >= 15 is 0 Å². The number of halogens is 6. The summed E-state index contributed by atoms with van der Waals surface area (Å²) in [6.07, 6.45) is 10.6. The highest BCUT2D eigenvalue weighted by Crippen LogP contribution is 2.44. The van der Waals surface area contributed by atoms with Gasteiger partial charge in [-0.1, -0.05) is 159 Å². The fourth-order valence-corrected chi connectivity index (χ4v) is 13.4. The van der Waals surface area contributed by atoms with Crippen molar-refractivity contribution in [1.29, 1.82) is 0 Å². The fraction of sp³-hybridized carbons (Fsp3) is 0.320. The Hall–Kier alpha value is -8.62. The van der Waals surface area contributed by atoms with Crippen LogP contribution >= 0.6 is 105 Å². The molecule has 0 aliphatic heterocycles. The molecule has 0 saturated heterocycles. The van der Waals surface area contributed by atoms with Gasteiger partial charge >= 0.3 is 5.97 Å². The number of tetrazole rings is 3. The van der Waals surface area contributed by atoms with Gasteiger partial charge in [0.1, 0.15) is 0 Å². The number of aliphatic carboxylic acids is 1. The number of carboxylic acids is 1. The van der Waals surface area contributed by atoms with Crippen LogP contribution in [0.15, 0.2) is 137 Å². The van der Waals surface area contributed by atoms with Gasteiger partial charge in [-0.2, -0.15) is 14.0 Å². The minimum Gasteiger partial charge on any atom is -0.505 e. The number of carboxylic acid groups (broad SMARTS) is 1. The maximum atomic E-state index is 12.6. The topological polar surface area (TPSA) is 285 Å². The number of hydrogen-bond donors (Lipinski definition) is 5. The third kappa shape index (κ3) is 23.4. The Morgan fingerprint density at radius 2 is 0.821 bits per heavy atom. The van der Waals surface area contributed by atoms with Crippen molar-refractivity contribution in [1.82, 2.24) is 60.6 Å². The predicted octanol–water partition coefficient (Wildman–Crippen LogP) is 16.5. The Bertz CT molecular complexity index is 4980. The average molecular weight is 1600 g/mol. The van der Waals surface area contributed by atoms with Crippen molar-refractivity contribution < 1.29 is 34.1 Å². The van der Waals surface area contributed by atoms with Gasteiger partial charge in [0.2, 0.25) is 33.2 Å². The van der Waals surface area contributed by atoms with Gasteiger partial charge in [0, 0.05) is 32.9 Å². The first-order chi connectivity index (χ1) is 50.6. The molecule has 5 N–H and O–H groups in total. The zero-order valence-corrected chi connectivity index (χ0v) is 65.3. The third-order valence-electron chi connectivity index (χ3n) is 16.0. The summed E-state index contributed by atoms with van der Waals surface area (Å²) in [6.45, 7) is 11.1. The number of allylic oxidation sites excluding steroid dienone is 1. The first-order valence-corrected chi connectivity index (χ1v) is 38.4. The van der Waals surface area contributed by atoms with E-state index in [1.165, 1.54) is 99.9 Å². The number of benzene rings is 6. The second kappa shape index (κ2) is 36.3. The lowest BCUT2D eigenvalue weighted by molar-refractivity contribution is -0.138. The Morgan fingerprint density at radius 1 is 0.491 bits per heavy atom. The number of ether oxygens (including phenoxy) is 1. The zero-order chi connectivity index (χ0) is 75.9. The molecule has 3 saturated carbocycles. The summed E-state index contributed by atoms with van der Waals surface area (Å²) in [5.74, 6) is 18.5. The van der Waals surface area contributed by atoms with E-state index in [4.69, 9.17) is 79.4 Å². The number of aliphatic hydroxyl groups is 1. The highest BCUT2D eigenvalue weighted by molar-refractivity contribution is 8.00. The van der Waals surface area contributed by atoms with Crippen molar-refractivity contribution in [3.05, 3.63) is 185 Å². The Kier molecular flexibility index (Phi) is 27.4. The molecule has 0 bridgehead atoms. The number of carbonyl (C=O) groups excluding carboxylic acids is 3. The van der Waals surface area contributed by atoms with Gasteiger partial charge < -0.3 is 30.9 Å². The van der Waals surface area contributed by atoms with Gasteiger partial charge in [0.25, 0.3) is 0 Å². The molecule has 0 atom stereocenters. The van der Waals surface area contributed by atoms with E-state index in [9.17, 15) is 24.3 Å². The van der Waals surface area contributed by atoms with Crippen molar-refractivity contribution in [2.24, 2.45) is 16.2 Å². The second-order valence-corrected chi connectivity index (χ2v) is 31.9. The summed E-state index contributed by atoms with van der Waals surface area (Å²) in [5.41, 5.74) is 7.61. The summed E-state index contributed by atoms with van der Waals surface area (Å²) in [5, 5.41) is 66.3. The normalized spacial score (nSPS) is 13.3. The van der Waals surface area contributed by atoms with Gasteiger partial charge in [-0.05, 0) is 243 Å². The van der Waals surface area contributed by atoms with Crippen LogP contribution in [0.3, 0.4) is 0 Å². The van der Waals surface area contributed by atoms with Crippen molar-refractivity contribution in [3.8, 4) is 52.6 Å². The van der Waals surface area contributed by atoms with E-state index in [1.54, 1.807) is 80.4 Å². The molecule has 31 heteroatoms. The second-order valence-electron chi connectivity index (χ2n) is 26.7. The average Bonchev–Trinajstić information content (AvgIpc) is 1.62. The lowest BCUT2D eigenvalue weighted by atomic mass is 9.90. The molecular formula is C75H71Cl6N15O7S3. The number of thioether (sulfide) groups is 3. The number of amides is 3. The third-order valence-corrected chi connectivity index (χ3v) is 20.6. The smallest absolute Gasteiger partial charge is 0.304 e. The fourth-order valence-electron chi connectivity index (χ4n) is 9.85. The van der Waals surface area contributed by atoms with E-state index in [2.05, 4.69) is 104 Å². The van der Waals surface area contributed by atoms with Crippen LogP contribution in [0, 0.1) is 51.8 Å². The molecule has 548 valence electrons. The SMILES string of the molecule is CC(C)(C#Cc1ccc(NC(=O)CSc2nnnn2-c2ccc(C3CC3)cc2Cl)c(Cl)c1)CC(=O)O.CC(C)(C#Cc1ccc(NC(=O)CSc2nnnn2-c2ccc(C3CC3)cc2Cl)c(Cl)c1)CO.CO/C=C/C(C)(C)C#Cc1ccc(NC(=O)CSc2nnnn2-c2ccc(C3CC3)cc2Cl)c(Cl)c1. The number of hydrogen-bond acceptors (Lipinski definition) is 18. The number of nitrogens with zero attached hydrogens (tertiary/aromatic N) is 12. The predicted molar refractivity (Wildman–Crippen MR) is 418 cm³/mol. The van der Waals surface area contributed by atoms with Gasteiger partial charge in [-0.3, -0.25) is 19.2 Å².